The van der Waals surface area contributed by atoms with Crippen molar-refractivity contribution in [3.8, 4) is 0 Å². The molecule has 1 saturated heterocycles. The summed E-state index contributed by atoms with van der Waals surface area (Å²) in [5.74, 6) is -0.325. The fraction of sp³-hybridized carbons (Fsp3) is 0.348. The van der Waals surface area contributed by atoms with Gasteiger partial charge in [0.15, 0.2) is 5.66 Å². The van der Waals surface area contributed by atoms with Gasteiger partial charge in [-0.3, -0.25) is 4.99 Å². The second kappa shape index (κ2) is 8.22. The first-order valence-corrected chi connectivity index (χ1v) is 11.2. The zero-order chi connectivity index (χ0) is 21.3. The molecule has 0 unspecified atom stereocenters. The van der Waals surface area contributed by atoms with Crippen LogP contribution in [0.4, 0.5) is 14.9 Å². The van der Waals surface area contributed by atoms with Gasteiger partial charge in [-0.15, -0.1) is 11.8 Å². The number of amides is 2. The van der Waals surface area contributed by atoms with E-state index in [0.29, 0.717) is 31.6 Å². The molecule has 0 bridgehead atoms. The molecule has 1 N–H and O–H groups in total. The van der Waals surface area contributed by atoms with Crippen LogP contribution in [0.2, 0.25) is 0 Å². The number of thioether (sulfide) groups is 1. The molecule has 0 radical (unpaired) electrons. The lowest BCUT2D eigenvalue weighted by Gasteiger charge is -2.35. The van der Waals surface area contributed by atoms with E-state index in [9.17, 15) is 9.18 Å². The number of rotatable bonds is 2. The first kappa shape index (κ1) is 20.6. The highest BCUT2D eigenvalue weighted by molar-refractivity contribution is 8.15. The Morgan fingerprint density at radius 3 is 2.40 bits per heavy atom. The Bertz CT molecular complexity index is 1020. The van der Waals surface area contributed by atoms with Gasteiger partial charge in [0.1, 0.15) is 10.9 Å². The highest BCUT2D eigenvalue weighted by Gasteiger charge is 2.40. The number of carbonyl (C=O) groups is 1. The first-order valence-electron chi connectivity index (χ1n) is 10.0. The predicted molar refractivity (Wildman–Crippen MR) is 122 cm³/mol. The molecule has 0 saturated carbocycles. The van der Waals surface area contributed by atoms with Crippen LogP contribution in [-0.4, -0.2) is 46.7 Å². The summed E-state index contributed by atoms with van der Waals surface area (Å²) in [5.41, 5.74) is 4.65. The number of halogens is 1. The van der Waals surface area contributed by atoms with Crippen LogP contribution in [0.3, 0.4) is 0 Å². The second-order valence-corrected chi connectivity index (χ2v) is 8.58. The smallest absolute Gasteiger partial charge is 0.321 e. The molecule has 2 aromatic rings. The minimum Gasteiger partial charge on any atom is -0.324 e. The Labute approximate surface area is 180 Å². The SMILES string of the molecule is CSC1=NC2(CCN(C(=O)Nc3ccc(F)cc3)CC2)N=C1c1ccc(C)c(C)c1. The van der Waals surface area contributed by atoms with Gasteiger partial charge in [0.25, 0.3) is 0 Å². The first-order chi connectivity index (χ1) is 14.4. The van der Waals surface area contributed by atoms with Crippen LogP contribution < -0.4 is 5.32 Å². The van der Waals surface area contributed by atoms with E-state index in [0.717, 1.165) is 16.3 Å². The van der Waals surface area contributed by atoms with Gasteiger partial charge in [0.2, 0.25) is 0 Å². The standard InChI is InChI=1S/C23H25FN4OS/c1-15-4-5-17(14-16(15)2)20-21(30-3)27-23(26-20)10-12-28(13-11-23)22(29)25-19-8-6-18(24)7-9-19/h4-9,14H,10-13H2,1-3H3,(H,25,29). The van der Waals surface area contributed by atoms with Crippen LogP contribution in [0.15, 0.2) is 52.4 Å². The van der Waals surface area contributed by atoms with E-state index in [1.54, 1.807) is 28.8 Å². The average molecular weight is 425 g/mol. The van der Waals surface area contributed by atoms with Gasteiger partial charge in [-0.25, -0.2) is 14.2 Å². The van der Waals surface area contributed by atoms with Crippen LogP contribution >= 0.6 is 11.8 Å². The van der Waals surface area contributed by atoms with Crippen molar-refractivity contribution in [1.82, 2.24) is 4.90 Å². The van der Waals surface area contributed by atoms with E-state index in [-0.39, 0.29) is 11.8 Å². The number of hydrogen-bond acceptors (Lipinski definition) is 4. The zero-order valence-corrected chi connectivity index (χ0v) is 18.2. The monoisotopic (exact) mass is 424 g/mol. The van der Waals surface area contributed by atoms with Gasteiger partial charge in [-0.1, -0.05) is 12.1 Å². The molecule has 2 aromatic carbocycles. The molecule has 0 atom stereocenters. The Morgan fingerprint density at radius 1 is 1.07 bits per heavy atom. The van der Waals surface area contributed by atoms with Crippen LogP contribution in [0.25, 0.3) is 0 Å². The summed E-state index contributed by atoms with van der Waals surface area (Å²) in [6.45, 7) is 5.36. The zero-order valence-electron chi connectivity index (χ0n) is 17.4. The Hall–Kier alpha value is -2.67. The summed E-state index contributed by atoms with van der Waals surface area (Å²) in [4.78, 5) is 24.4. The van der Waals surface area contributed by atoms with Crippen LogP contribution in [0, 0.1) is 19.7 Å². The summed E-state index contributed by atoms with van der Waals surface area (Å²) < 4.78 is 13.1. The molecule has 0 aromatic heterocycles. The number of benzene rings is 2. The Kier molecular flexibility index (Phi) is 5.64. The Morgan fingerprint density at radius 2 is 1.77 bits per heavy atom. The van der Waals surface area contributed by atoms with Crippen molar-refractivity contribution in [2.45, 2.75) is 32.4 Å². The molecule has 2 amide bonds. The molecule has 5 nitrogen and oxygen atoms in total. The number of aliphatic imine (C=N–C) groups is 2. The van der Waals surface area contributed by atoms with Crippen LogP contribution in [0.5, 0.6) is 0 Å². The number of nitrogens with zero attached hydrogens (tertiary/aromatic N) is 3. The maximum Gasteiger partial charge on any atom is 0.321 e. The van der Waals surface area contributed by atoms with E-state index in [2.05, 4.69) is 37.4 Å². The molecule has 1 spiro atoms. The van der Waals surface area contributed by atoms with Crippen molar-refractivity contribution < 1.29 is 9.18 Å². The van der Waals surface area contributed by atoms with E-state index in [4.69, 9.17) is 9.98 Å². The number of likely N-dealkylation sites (tertiary alicyclic amines) is 1. The molecular weight excluding hydrogens is 399 g/mol. The van der Waals surface area contributed by atoms with E-state index in [1.807, 2.05) is 6.26 Å². The lowest BCUT2D eigenvalue weighted by Crippen LogP contribution is -2.46. The predicted octanol–water partition coefficient (Wildman–Crippen LogP) is 5.03. The maximum atomic E-state index is 13.1. The summed E-state index contributed by atoms with van der Waals surface area (Å²) in [6.07, 6.45) is 3.39. The molecule has 1 fully saturated rings. The molecule has 7 heteroatoms. The van der Waals surface area contributed by atoms with E-state index in [1.165, 1.54) is 23.3 Å². The van der Waals surface area contributed by atoms with Gasteiger partial charge < -0.3 is 10.2 Å². The van der Waals surface area contributed by atoms with Crippen molar-refractivity contribution in [2.75, 3.05) is 24.7 Å². The quantitative estimate of drug-likeness (QED) is 0.735. The normalized spacial score (nSPS) is 17.7. The number of aryl methyl sites for hydroxylation is 2. The summed E-state index contributed by atoms with van der Waals surface area (Å²) >= 11 is 1.62. The average Bonchev–Trinajstić information content (AvgIpc) is 3.10. The minimum absolute atomic E-state index is 0.179. The third-order valence-electron chi connectivity index (χ3n) is 5.75. The minimum atomic E-state index is -0.487. The number of nitrogens with one attached hydrogen (secondary N) is 1. The Balaban J connectivity index is 1.47. The summed E-state index contributed by atoms with van der Waals surface area (Å²) in [7, 11) is 0. The van der Waals surface area contributed by atoms with Gasteiger partial charge in [0.05, 0.1) is 5.71 Å². The molecule has 156 valence electrons. The second-order valence-electron chi connectivity index (χ2n) is 7.79. The number of hydrogen-bond donors (Lipinski definition) is 1. The van der Waals surface area contributed by atoms with Crippen molar-refractivity contribution in [3.05, 3.63) is 65.0 Å². The van der Waals surface area contributed by atoms with E-state index < -0.39 is 5.66 Å². The van der Waals surface area contributed by atoms with Crippen molar-refractivity contribution >= 4 is 34.2 Å². The number of urea groups is 1. The van der Waals surface area contributed by atoms with Gasteiger partial charge in [0, 0.05) is 37.2 Å². The number of anilines is 1. The highest BCUT2D eigenvalue weighted by Crippen LogP contribution is 2.35. The molecule has 0 aliphatic carbocycles. The molecule has 2 aliphatic heterocycles. The number of piperidine rings is 1. The summed E-state index contributed by atoms with van der Waals surface area (Å²) in [6, 6.07) is 12.0. The number of carbonyl (C=O) groups excluding carboxylic acids is 1. The van der Waals surface area contributed by atoms with E-state index >= 15 is 0 Å². The van der Waals surface area contributed by atoms with Crippen molar-refractivity contribution in [2.24, 2.45) is 9.98 Å². The lowest BCUT2D eigenvalue weighted by molar-refractivity contribution is 0.175. The third-order valence-corrected chi connectivity index (χ3v) is 6.42. The highest BCUT2D eigenvalue weighted by atomic mass is 32.2. The topological polar surface area (TPSA) is 57.1 Å². The molecule has 2 heterocycles. The lowest BCUT2D eigenvalue weighted by atomic mass is 9.98. The van der Waals surface area contributed by atoms with Crippen LogP contribution in [-0.2, 0) is 0 Å². The van der Waals surface area contributed by atoms with Crippen molar-refractivity contribution in [3.63, 3.8) is 0 Å². The maximum absolute atomic E-state index is 13.1. The fourth-order valence-corrected chi connectivity index (χ4v) is 4.39. The molecule has 2 aliphatic rings. The molecular formula is C23H25FN4OS. The summed E-state index contributed by atoms with van der Waals surface area (Å²) in [5, 5.41) is 3.79. The van der Waals surface area contributed by atoms with Crippen molar-refractivity contribution in [1.29, 1.82) is 0 Å². The van der Waals surface area contributed by atoms with Gasteiger partial charge >= 0.3 is 6.03 Å². The largest absolute Gasteiger partial charge is 0.324 e. The van der Waals surface area contributed by atoms with Gasteiger partial charge in [-0.2, -0.15) is 0 Å². The molecule has 30 heavy (non-hydrogen) atoms. The van der Waals surface area contributed by atoms with Crippen LogP contribution in [0.1, 0.15) is 29.5 Å². The van der Waals surface area contributed by atoms with Gasteiger partial charge in [-0.05, 0) is 61.6 Å². The molecule has 4 rings (SSSR count). The third kappa shape index (κ3) is 4.12. The fourth-order valence-electron chi connectivity index (χ4n) is 3.77.